The average molecular weight is 196 g/mol. The predicted octanol–water partition coefficient (Wildman–Crippen LogP) is 2.69. The maximum atomic E-state index is 5.21. The zero-order chi connectivity index (χ0) is 10.6. The predicted molar refractivity (Wildman–Crippen MR) is 57.2 cm³/mol. The van der Waals surface area contributed by atoms with Crippen LogP contribution in [0.25, 0.3) is 0 Å². The summed E-state index contributed by atoms with van der Waals surface area (Å²) in [5, 5.41) is 7.37. The zero-order valence-electron chi connectivity index (χ0n) is 9.50. The molecular weight excluding hydrogens is 176 g/mol. The van der Waals surface area contributed by atoms with Gasteiger partial charge in [-0.1, -0.05) is 25.9 Å². The Morgan fingerprint density at radius 2 is 2.14 bits per heavy atom. The molecule has 3 heteroatoms. The lowest BCUT2D eigenvalue weighted by Gasteiger charge is -2.08. The minimum Gasteiger partial charge on any atom is -0.360 e. The molecule has 0 bridgehead atoms. The molecule has 80 valence electrons. The fourth-order valence-corrected chi connectivity index (χ4v) is 1.10. The van der Waals surface area contributed by atoms with Crippen LogP contribution in [-0.4, -0.2) is 11.2 Å². The first kappa shape index (κ1) is 11.2. The van der Waals surface area contributed by atoms with Crippen molar-refractivity contribution in [1.82, 2.24) is 10.5 Å². The topological polar surface area (TPSA) is 38.1 Å². The van der Waals surface area contributed by atoms with E-state index in [0.717, 1.165) is 24.4 Å². The third-order valence-corrected chi connectivity index (χ3v) is 2.41. The monoisotopic (exact) mass is 196 g/mol. The Bertz CT molecular complexity index is 268. The van der Waals surface area contributed by atoms with Gasteiger partial charge in [-0.05, 0) is 19.3 Å². The van der Waals surface area contributed by atoms with E-state index in [1.807, 2.05) is 6.07 Å². The molecule has 1 aromatic rings. The summed E-state index contributed by atoms with van der Waals surface area (Å²) in [4.78, 5) is 0. The van der Waals surface area contributed by atoms with E-state index in [9.17, 15) is 0 Å². The standard InChI is InChI=1S/C11H20N2O/c1-5-9(4)12-7-10-6-11(8(2)3)13-14-10/h6,8-9,12H,5,7H2,1-4H3. The van der Waals surface area contributed by atoms with Crippen molar-refractivity contribution in [2.45, 2.75) is 52.6 Å². The fraction of sp³-hybridized carbons (Fsp3) is 0.727. The quantitative estimate of drug-likeness (QED) is 0.786. The van der Waals surface area contributed by atoms with Crippen molar-refractivity contribution in [1.29, 1.82) is 0 Å². The lowest BCUT2D eigenvalue weighted by molar-refractivity contribution is 0.357. The fourth-order valence-electron chi connectivity index (χ4n) is 1.10. The van der Waals surface area contributed by atoms with Gasteiger partial charge in [-0.15, -0.1) is 0 Å². The smallest absolute Gasteiger partial charge is 0.150 e. The van der Waals surface area contributed by atoms with Crippen LogP contribution < -0.4 is 5.32 Å². The van der Waals surface area contributed by atoms with Gasteiger partial charge in [0.05, 0.1) is 12.2 Å². The Balaban J connectivity index is 2.44. The van der Waals surface area contributed by atoms with E-state index in [1.54, 1.807) is 0 Å². The highest BCUT2D eigenvalue weighted by Crippen LogP contribution is 2.13. The van der Waals surface area contributed by atoms with Gasteiger partial charge in [-0.2, -0.15) is 0 Å². The number of nitrogens with one attached hydrogen (secondary N) is 1. The third-order valence-electron chi connectivity index (χ3n) is 2.41. The van der Waals surface area contributed by atoms with Gasteiger partial charge in [0.2, 0.25) is 0 Å². The van der Waals surface area contributed by atoms with Crippen molar-refractivity contribution < 1.29 is 4.52 Å². The molecule has 1 heterocycles. The van der Waals surface area contributed by atoms with Crippen molar-refractivity contribution in [3.8, 4) is 0 Å². The number of hydrogen-bond donors (Lipinski definition) is 1. The van der Waals surface area contributed by atoms with Crippen molar-refractivity contribution in [2.75, 3.05) is 0 Å². The van der Waals surface area contributed by atoms with E-state index in [1.165, 1.54) is 0 Å². The SMILES string of the molecule is CCC(C)NCc1cc(C(C)C)no1. The normalized spacial score (nSPS) is 13.5. The Morgan fingerprint density at radius 1 is 1.43 bits per heavy atom. The number of aromatic nitrogens is 1. The van der Waals surface area contributed by atoms with Crippen LogP contribution in [0.15, 0.2) is 10.6 Å². The van der Waals surface area contributed by atoms with Gasteiger partial charge in [0, 0.05) is 12.1 Å². The van der Waals surface area contributed by atoms with E-state index in [-0.39, 0.29) is 0 Å². The molecule has 0 fully saturated rings. The largest absolute Gasteiger partial charge is 0.360 e. The molecule has 1 atom stereocenters. The van der Waals surface area contributed by atoms with Gasteiger partial charge in [0.1, 0.15) is 0 Å². The summed E-state index contributed by atoms with van der Waals surface area (Å²) in [6.45, 7) is 9.33. The molecule has 1 unspecified atom stereocenters. The van der Waals surface area contributed by atoms with Crippen molar-refractivity contribution in [3.05, 3.63) is 17.5 Å². The van der Waals surface area contributed by atoms with Gasteiger partial charge < -0.3 is 9.84 Å². The van der Waals surface area contributed by atoms with Gasteiger partial charge in [0.15, 0.2) is 5.76 Å². The molecule has 1 aromatic heterocycles. The number of hydrogen-bond acceptors (Lipinski definition) is 3. The van der Waals surface area contributed by atoms with Gasteiger partial charge in [-0.25, -0.2) is 0 Å². The highest BCUT2D eigenvalue weighted by molar-refractivity contribution is 5.08. The van der Waals surface area contributed by atoms with E-state index >= 15 is 0 Å². The molecule has 1 rings (SSSR count). The van der Waals surface area contributed by atoms with Crippen molar-refractivity contribution >= 4 is 0 Å². The number of rotatable bonds is 5. The molecule has 14 heavy (non-hydrogen) atoms. The van der Waals surface area contributed by atoms with Crippen LogP contribution in [0, 0.1) is 0 Å². The molecule has 0 saturated heterocycles. The lowest BCUT2D eigenvalue weighted by atomic mass is 10.1. The first-order valence-corrected chi connectivity index (χ1v) is 5.32. The second-order valence-corrected chi connectivity index (χ2v) is 4.06. The first-order valence-electron chi connectivity index (χ1n) is 5.32. The maximum Gasteiger partial charge on any atom is 0.150 e. The molecule has 0 aromatic carbocycles. The molecule has 1 N–H and O–H groups in total. The summed E-state index contributed by atoms with van der Waals surface area (Å²) in [5.74, 6) is 1.37. The van der Waals surface area contributed by atoms with Crippen LogP contribution in [0.1, 0.15) is 51.5 Å². The van der Waals surface area contributed by atoms with E-state index in [0.29, 0.717) is 12.0 Å². The summed E-state index contributed by atoms with van der Waals surface area (Å²) in [6, 6.07) is 2.56. The second kappa shape index (κ2) is 5.15. The van der Waals surface area contributed by atoms with Crippen LogP contribution >= 0.6 is 0 Å². The summed E-state index contributed by atoms with van der Waals surface area (Å²) >= 11 is 0. The van der Waals surface area contributed by atoms with Gasteiger partial charge in [0.25, 0.3) is 0 Å². The van der Waals surface area contributed by atoms with Crippen molar-refractivity contribution in [2.24, 2.45) is 0 Å². The minimum atomic E-state index is 0.441. The summed E-state index contributed by atoms with van der Waals surface area (Å²) < 4.78 is 5.21. The molecule has 0 aliphatic carbocycles. The Morgan fingerprint density at radius 3 is 2.64 bits per heavy atom. The molecule has 0 aliphatic heterocycles. The van der Waals surface area contributed by atoms with Crippen LogP contribution in [0.4, 0.5) is 0 Å². The lowest BCUT2D eigenvalue weighted by Crippen LogP contribution is -2.24. The molecule has 0 amide bonds. The van der Waals surface area contributed by atoms with Crippen molar-refractivity contribution in [3.63, 3.8) is 0 Å². The van der Waals surface area contributed by atoms with Crippen LogP contribution in [0.5, 0.6) is 0 Å². The van der Waals surface area contributed by atoms with Gasteiger partial charge in [-0.3, -0.25) is 0 Å². The number of nitrogens with zero attached hydrogens (tertiary/aromatic N) is 1. The maximum absolute atomic E-state index is 5.21. The zero-order valence-corrected chi connectivity index (χ0v) is 9.50. The summed E-state index contributed by atoms with van der Waals surface area (Å²) in [5.41, 5.74) is 1.03. The Labute approximate surface area is 85.9 Å². The van der Waals surface area contributed by atoms with Crippen LogP contribution in [0.3, 0.4) is 0 Å². The molecule has 0 aliphatic rings. The van der Waals surface area contributed by atoms with Gasteiger partial charge >= 0.3 is 0 Å². The van der Waals surface area contributed by atoms with Crippen LogP contribution in [0.2, 0.25) is 0 Å². The first-order chi connectivity index (χ1) is 6.63. The second-order valence-electron chi connectivity index (χ2n) is 4.06. The summed E-state index contributed by atoms with van der Waals surface area (Å²) in [7, 11) is 0. The molecule has 3 nitrogen and oxygen atoms in total. The Kier molecular flexibility index (Phi) is 4.14. The average Bonchev–Trinajstić information content (AvgIpc) is 2.62. The van der Waals surface area contributed by atoms with Crippen LogP contribution in [-0.2, 0) is 6.54 Å². The minimum absolute atomic E-state index is 0.441. The molecule has 0 spiro atoms. The highest BCUT2D eigenvalue weighted by Gasteiger charge is 2.07. The summed E-state index contributed by atoms with van der Waals surface area (Å²) in [6.07, 6.45) is 1.13. The van der Waals surface area contributed by atoms with E-state index in [2.05, 4.69) is 38.2 Å². The molecule has 0 saturated carbocycles. The van der Waals surface area contributed by atoms with E-state index in [4.69, 9.17) is 4.52 Å². The highest BCUT2D eigenvalue weighted by atomic mass is 16.5. The molecular formula is C11H20N2O. The van der Waals surface area contributed by atoms with E-state index < -0.39 is 0 Å². The molecule has 0 radical (unpaired) electrons. The third kappa shape index (κ3) is 3.14. The Hall–Kier alpha value is -0.830.